The van der Waals surface area contributed by atoms with Crippen LogP contribution in [-0.4, -0.2) is 23.5 Å². The van der Waals surface area contributed by atoms with Crippen molar-refractivity contribution in [3.8, 4) is 0 Å². The highest BCUT2D eigenvalue weighted by atomic mass is 35.5. The second kappa shape index (κ2) is 7.41. The molecule has 3 aromatic rings. The van der Waals surface area contributed by atoms with Crippen LogP contribution in [0.5, 0.6) is 0 Å². The van der Waals surface area contributed by atoms with Crippen molar-refractivity contribution in [3.63, 3.8) is 0 Å². The minimum atomic E-state index is -0.580. The van der Waals surface area contributed by atoms with Crippen LogP contribution in [-0.2, 0) is 4.74 Å². The van der Waals surface area contributed by atoms with Crippen LogP contribution in [0.4, 0.5) is 5.69 Å². The number of fused-ring (bicyclic) bond motifs is 1. The summed E-state index contributed by atoms with van der Waals surface area (Å²) in [5.41, 5.74) is 0.794. The molecule has 0 aliphatic rings. The van der Waals surface area contributed by atoms with Crippen molar-refractivity contribution in [2.75, 3.05) is 11.9 Å². The number of carbonyl (C=O) groups is 2. The van der Waals surface area contributed by atoms with Gasteiger partial charge in [0.2, 0.25) is 5.43 Å². The Hall–Kier alpha value is -3.12. The molecule has 0 aliphatic carbocycles. The van der Waals surface area contributed by atoms with Crippen LogP contribution in [0.25, 0.3) is 10.9 Å². The number of carbonyl (C=O) groups excluding carboxylic acids is 2. The van der Waals surface area contributed by atoms with E-state index in [-0.39, 0.29) is 12.2 Å². The smallest absolute Gasteiger partial charge is 0.338 e. The number of ether oxygens (including phenoxy) is 1. The topological polar surface area (TPSA) is 88.3 Å². The summed E-state index contributed by atoms with van der Waals surface area (Å²) in [6, 6.07) is 11.1. The molecule has 6 nitrogen and oxygen atoms in total. The van der Waals surface area contributed by atoms with Crippen molar-refractivity contribution in [1.29, 1.82) is 0 Å². The van der Waals surface area contributed by atoms with Crippen molar-refractivity contribution in [2.45, 2.75) is 6.92 Å². The number of benzene rings is 2. The standard InChI is InChI=1S/C19H15ClN2O4/c1-2-26-19(25)11-4-3-5-13(8-11)22-18(24)15-10-21-16-9-12(20)6-7-14(16)17(15)23/h3-10H,2H2,1H3,(H,21,23)(H,22,24). The number of H-pyrrole nitrogens is 1. The SMILES string of the molecule is CCOC(=O)c1cccc(NC(=O)c2c[nH]c3cc(Cl)ccc3c2=O)c1. The van der Waals surface area contributed by atoms with E-state index >= 15 is 0 Å². The summed E-state index contributed by atoms with van der Waals surface area (Å²) >= 11 is 5.90. The molecule has 0 aliphatic heterocycles. The Morgan fingerprint density at radius 3 is 2.77 bits per heavy atom. The maximum Gasteiger partial charge on any atom is 0.338 e. The molecule has 26 heavy (non-hydrogen) atoms. The van der Waals surface area contributed by atoms with Crippen LogP contribution in [0.15, 0.2) is 53.5 Å². The number of aromatic nitrogens is 1. The number of halogens is 1. The summed E-state index contributed by atoms with van der Waals surface area (Å²) in [7, 11) is 0. The Labute approximate surface area is 153 Å². The number of rotatable bonds is 4. The number of hydrogen-bond donors (Lipinski definition) is 2. The van der Waals surface area contributed by atoms with Gasteiger partial charge in [-0.3, -0.25) is 9.59 Å². The number of aromatic amines is 1. The Morgan fingerprint density at radius 2 is 2.00 bits per heavy atom. The van der Waals surface area contributed by atoms with E-state index < -0.39 is 17.3 Å². The van der Waals surface area contributed by atoms with Gasteiger partial charge < -0.3 is 15.0 Å². The van der Waals surface area contributed by atoms with Gasteiger partial charge in [-0.05, 0) is 43.3 Å². The number of anilines is 1. The maximum atomic E-state index is 12.5. The Bertz CT molecular complexity index is 1060. The van der Waals surface area contributed by atoms with Gasteiger partial charge in [0.25, 0.3) is 5.91 Å². The molecule has 0 atom stereocenters. The zero-order valence-corrected chi connectivity index (χ0v) is 14.6. The van der Waals surface area contributed by atoms with Gasteiger partial charge >= 0.3 is 5.97 Å². The summed E-state index contributed by atoms with van der Waals surface area (Å²) in [5, 5.41) is 3.47. The molecule has 0 unspecified atom stereocenters. The van der Waals surface area contributed by atoms with Crippen LogP contribution in [0.3, 0.4) is 0 Å². The monoisotopic (exact) mass is 370 g/mol. The van der Waals surface area contributed by atoms with Crippen molar-refractivity contribution >= 4 is 40.1 Å². The highest BCUT2D eigenvalue weighted by Gasteiger charge is 2.14. The van der Waals surface area contributed by atoms with Gasteiger partial charge in [0.15, 0.2) is 0 Å². The van der Waals surface area contributed by atoms with E-state index in [1.807, 2.05) is 0 Å². The van der Waals surface area contributed by atoms with E-state index in [1.54, 1.807) is 43.3 Å². The van der Waals surface area contributed by atoms with Gasteiger partial charge in [0.1, 0.15) is 5.56 Å². The Kier molecular flexibility index (Phi) is 5.04. The van der Waals surface area contributed by atoms with Crippen molar-refractivity contribution in [3.05, 3.63) is 75.0 Å². The first-order valence-corrected chi connectivity index (χ1v) is 8.27. The fourth-order valence-corrected chi connectivity index (χ4v) is 2.67. The summed E-state index contributed by atoms with van der Waals surface area (Å²) in [5.74, 6) is -1.06. The number of pyridine rings is 1. The fourth-order valence-electron chi connectivity index (χ4n) is 2.50. The maximum absolute atomic E-state index is 12.5. The molecule has 3 rings (SSSR count). The predicted molar refractivity (Wildman–Crippen MR) is 99.9 cm³/mol. The molecule has 2 N–H and O–H groups in total. The lowest BCUT2D eigenvalue weighted by Gasteiger charge is -2.08. The highest BCUT2D eigenvalue weighted by Crippen LogP contribution is 2.16. The van der Waals surface area contributed by atoms with E-state index in [9.17, 15) is 14.4 Å². The van der Waals surface area contributed by atoms with E-state index in [0.29, 0.717) is 27.2 Å². The molecule has 1 heterocycles. The number of nitrogens with one attached hydrogen (secondary N) is 2. The molecule has 7 heteroatoms. The molecule has 2 aromatic carbocycles. The summed E-state index contributed by atoms with van der Waals surface area (Å²) in [6.07, 6.45) is 1.34. The largest absolute Gasteiger partial charge is 0.462 e. The highest BCUT2D eigenvalue weighted by molar-refractivity contribution is 6.31. The molecule has 0 fully saturated rings. The molecule has 0 bridgehead atoms. The van der Waals surface area contributed by atoms with Gasteiger partial charge in [0.05, 0.1) is 17.7 Å². The summed E-state index contributed by atoms with van der Waals surface area (Å²) < 4.78 is 4.93. The molecule has 0 radical (unpaired) electrons. The molecular weight excluding hydrogens is 356 g/mol. The van der Waals surface area contributed by atoms with Gasteiger partial charge in [-0.2, -0.15) is 0 Å². The third-order valence-corrected chi connectivity index (χ3v) is 3.95. The summed E-state index contributed by atoms with van der Waals surface area (Å²) in [4.78, 5) is 39.7. The second-order valence-corrected chi connectivity index (χ2v) is 5.91. The third kappa shape index (κ3) is 3.60. The number of amides is 1. The molecule has 132 valence electrons. The second-order valence-electron chi connectivity index (χ2n) is 5.48. The quantitative estimate of drug-likeness (QED) is 0.687. The van der Waals surface area contributed by atoms with E-state index in [2.05, 4.69) is 10.3 Å². The lowest BCUT2D eigenvalue weighted by Crippen LogP contribution is -2.22. The normalized spacial score (nSPS) is 10.5. The summed E-state index contributed by atoms with van der Waals surface area (Å²) in [6.45, 7) is 1.97. The lowest BCUT2D eigenvalue weighted by molar-refractivity contribution is 0.0526. The Balaban J connectivity index is 1.89. The minimum absolute atomic E-state index is 0.0404. The molecule has 0 spiro atoms. The average Bonchev–Trinajstić information content (AvgIpc) is 2.62. The minimum Gasteiger partial charge on any atom is -0.462 e. The van der Waals surface area contributed by atoms with E-state index in [0.717, 1.165) is 0 Å². The van der Waals surface area contributed by atoms with Gasteiger partial charge in [-0.25, -0.2) is 4.79 Å². The van der Waals surface area contributed by atoms with Crippen LogP contribution in [0, 0.1) is 0 Å². The molecule has 0 saturated heterocycles. The molecule has 0 saturated carbocycles. The predicted octanol–water partition coefficient (Wildman–Crippen LogP) is 3.61. The number of esters is 1. The van der Waals surface area contributed by atoms with Crippen molar-refractivity contribution in [2.24, 2.45) is 0 Å². The van der Waals surface area contributed by atoms with Crippen LogP contribution in [0.2, 0.25) is 5.02 Å². The Morgan fingerprint density at radius 1 is 1.19 bits per heavy atom. The van der Waals surface area contributed by atoms with Crippen molar-refractivity contribution in [1.82, 2.24) is 4.98 Å². The first kappa shape index (κ1) is 17.7. The number of hydrogen-bond acceptors (Lipinski definition) is 4. The van der Waals surface area contributed by atoms with Crippen LogP contribution in [0.1, 0.15) is 27.6 Å². The van der Waals surface area contributed by atoms with Crippen LogP contribution < -0.4 is 10.7 Å². The zero-order valence-electron chi connectivity index (χ0n) is 13.8. The van der Waals surface area contributed by atoms with Gasteiger partial charge in [-0.1, -0.05) is 17.7 Å². The average molecular weight is 371 g/mol. The lowest BCUT2D eigenvalue weighted by atomic mass is 10.1. The zero-order chi connectivity index (χ0) is 18.7. The van der Waals surface area contributed by atoms with Crippen molar-refractivity contribution < 1.29 is 14.3 Å². The molecular formula is C19H15ClN2O4. The fraction of sp³-hybridized carbons (Fsp3) is 0.105. The van der Waals surface area contributed by atoms with E-state index in [4.69, 9.17) is 16.3 Å². The van der Waals surface area contributed by atoms with Crippen LogP contribution >= 0.6 is 11.6 Å². The first-order valence-electron chi connectivity index (χ1n) is 7.89. The van der Waals surface area contributed by atoms with E-state index in [1.165, 1.54) is 12.3 Å². The molecule has 1 aromatic heterocycles. The first-order chi connectivity index (χ1) is 12.5. The third-order valence-electron chi connectivity index (χ3n) is 3.72. The molecule has 1 amide bonds. The van der Waals surface area contributed by atoms with Gasteiger partial charge in [-0.15, -0.1) is 0 Å². The van der Waals surface area contributed by atoms with Gasteiger partial charge in [0, 0.05) is 22.3 Å².